The van der Waals surface area contributed by atoms with Crippen LogP contribution >= 0.6 is 0 Å². The summed E-state index contributed by atoms with van der Waals surface area (Å²) in [6, 6.07) is 0. The van der Waals surface area contributed by atoms with E-state index in [2.05, 4.69) is 11.3 Å². The van der Waals surface area contributed by atoms with E-state index >= 15 is 0 Å². The maximum atomic E-state index is 13.2. The molecule has 5 heteroatoms. The average Bonchev–Trinajstić information content (AvgIpc) is 1.82. The second kappa shape index (κ2) is 3.65. The molecule has 0 spiro atoms. The Morgan fingerprint density at radius 1 is 1.23 bits per heavy atom. The summed E-state index contributed by atoms with van der Waals surface area (Å²) < 4.78 is 53.9. The van der Waals surface area contributed by atoms with Crippen molar-refractivity contribution in [2.45, 2.75) is 38.9 Å². The first kappa shape index (κ1) is 12.4. The van der Waals surface area contributed by atoms with E-state index in [4.69, 9.17) is 0 Å². The molecule has 78 valence electrons. The van der Waals surface area contributed by atoms with Gasteiger partial charge in [0.15, 0.2) is 0 Å². The van der Waals surface area contributed by atoms with Gasteiger partial charge in [0.25, 0.3) is 0 Å². The van der Waals surface area contributed by atoms with Crippen molar-refractivity contribution in [1.82, 2.24) is 0 Å². The Kier molecular flexibility index (Phi) is 3.49. The lowest BCUT2D eigenvalue weighted by Gasteiger charge is -2.29. The van der Waals surface area contributed by atoms with Gasteiger partial charge in [-0.05, 0) is 26.3 Å². The number of hydrogen-bond acceptors (Lipinski definition) is 1. The van der Waals surface area contributed by atoms with Crippen molar-refractivity contribution in [3.8, 4) is 0 Å². The normalized spacial score (nSPS) is 17.2. The molecule has 0 aromatic rings. The van der Waals surface area contributed by atoms with E-state index in [9.17, 15) is 17.6 Å². The Balaban J connectivity index is 4.85. The molecule has 0 aliphatic heterocycles. The first-order chi connectivity index (χ1) is 5.61. The highest BCUT2D eigenvalue weighted by Gasteiger charge is 2.58. The van der Waals surface area contributed by atoms with E-state index in [1.54, 1.807) is 0 Å². The molecule has 0 N–H and O–H groups in total. The lowest BCUT2D eigenvalue weighted by Crippen LogP contribution is -2.45. The van der Waals surface area contributed by atoms with E-state index in [1.807, 2.05) is 0 Å². The first-order valence-electron chi connectivity index (χ1n) is 3.70. The Hall–Kier alpha value is -0.580. The van der Waals surface area contributed by atoms with Crippen molar-refractivity contribution in [2.75, 3.05) is 0 Å². The molecule has 1 atom stereocenters. The summed E-state index contributed by atoms with van der Waals surface area (Å²) in [5.41, 5.74) is -0.700. The Bertz CT molecular complexity index is 197. The van der Waals surface area contributed by atoms with Crippen LogP contribution in [0.1, 0.15) is 20.8 Å². The number of alkyl halides is 4. The SMILES string of the molecule is C=C(C)C(F)(OC(C)C)C(F)(F)F. The molecule has 0 aliphatic rings. The third kappa shape index (κ3) is 2.69. The summed E-state index contributed by atoms with van der Waals surface area (Å²) in [6.07, 6.45) is -5.94. The molecule has 0 saturated heterocycles. The fraction of sp³-hybridized carbons (Fsp3) is 0.750. The van der Waals surface area contributed by atoms with Gasteiger partial charge in [0.2, 0.25) is 0 Å². The summed E-state index contributed by atoms with van der Waals surface area (Å²) in [6.45, 7) is 6.51. The lowest BCUT2D eigenvalue weighted by molar-refractivity contribution is -0.323. The summed E-state index contributed by atoms with van der Waals surface area (Å²) in [5, 5.41) is 0. The van der Waals surface area contributed by atoms with Crippen LogP contribution in [0.25, 0.3) is 0 Å². The van der Waals surface area contributed by atoms with Gasteiger partial charge in [-0.2, -0.15) is 17.6 Å². The molecule has 1 nitrogen and oxygen atoms in total. The van der Waals surface area contributed by atoms with Crippen molar-refractivity contribution in [3.63, 3.8) is 0 Å². The van der Waals surface area contributed by atoms with Crippen molar-refractivity contribution in [2.24, 2.45) is 0 Å². The van der Waals surface area contributed by atoms with Crippen molar-refractivity contribution >= 4 is 0 Å². The maximum absolute atomic E-state index is 13.2. The van der Waals surface area contributed by atoms with Crippen molar-refractivity contribution in [1.29, 1.82) is 0 Å². The zero-order valence-corrected chi connectivity index (χ0v) is 7.70. The van der Waals surface area contributed by atoms with E-state index in [1.165, 1.54) is 13.8 Å². The summed E-state index contributed by atoms with van der Waals surface area (Å²) in [4.78, 5) is 0. The highest BCUT2D eigenvalue weighted by atomic mass is 19.4. The number of ether oxygens (including phenoxy) is 1. The van der Waals surface area contributed by atoms with Crippen LogP contribution in [-0.4, -0.2) is 18.1 Å². The fourth-order valence-electron chi connectivity index (χ4n) is 0.734. The summed E-state index contributed by atoms with van der Waals surface area (Å²) >= 11 is 0. The molecule has 0 saturated carbocycles. The lowest BCUT2D eigenvalue weighted by atomic mass is 10.1. The molecule has 0 bridgehead atoms. The third-order valence-corrected chi connectivity index (χ3v) is 1.31. The molecule has 0 rings (SSSR count). The quantitative estimate of drug-likeness (QED) is 0.502. The molecule has 0 fully saturated rings. The average molecular weight is 200 g/mol. The number of rotatable bonds is 3. The van der Waals surface area contributed by atoms with E-state index < -0.39 is 23.7 Å². The summed E-state index contributed by atoms with van der Waals surface area (Å²) in [7, 11) is 0. The van der Waals surface area contributed by atoms with Gasteiger partial charge in [-0.15, -0.1) is 0 Å². The molecule has 0 aliphatic carbocycles. The topological polar surface area (TPSA) is 9.23 Å². The molecule has 13 heavy (non-hydrogen) atoms. The van der Waals surface area contributed by atoms with Gasteiger partial charge in [0, 0.05) is 0 Å². The minimum atomic E-state index is -5.08. The Morgan fingerprint density at radius 3 is 1.69 bits per heavy atom. The standard InChI is InChI=1S/C8H12F4O/c1-5(2)7(9,8(10,11)12)13-6(3)4/h6H,1H2,2-4H3. The van der Waals surface area contributed by atoms with Crippen LogP contribution in [0.2, 0.25) is 0 Å². The van der Waals surface area contributed by atoms with E-state index in [-0.39, 0.29) is 0 Å². The maximum Gasteiger partial charge on any atom is 0.452 e. The Labute approximate surface area is 74.4 Å². The van der Waals surface area contributed by atoms with Gasteiger partial charge < -0.3 is 4.74 Å². The van der Waals surface area contributed by atoms with Gasteiger partial charge in [-0.1, -0.05) is 6.58 Å². The Morgan fingerprint density at radius 2 is 1.62 bits per heavy atom. The zero-order chi connectivity index (χ0) is 10.9. The molecule has 0 aromatic heterocycles. The van der Waals surface area contributed by atoms with E-state index in [0.717, 1.165) is 6.92 Å². The predicted molar refractivity (Wildman–Crippen MR) is 40.9 cm³/mol. The van der Waals surface area contributed by atoms with Crippen molar-refractivity contribution in [3.05, 3.63) is 12.2 Å². The van der Waals surface area contributed by atoms with Crippen LogP contribution in [0.15, 0.2) is 12.2 Å². The van der Waals surface area contributed by atoms with Crippen LogP contribution in [0.5, 0.6) is 0 Å². The molecule has 0 heterocycles. The monoisotopic (exact) mass is 200 g/mol. The molecule has 0 radical (unpaired) electrons. The number of hydrogen-bond donors (Lipinski definition) is 0. The zero-order valence-electron chi connectivity index (χ0n) is 7.70. The predicted octanol–water partition coefficient (Wildman–Crippen LogP) is 3.22. The van der Waals surface area contributed by atoms with E-state index in [0.29, 0.717) is 0 Å². The van der Waals surface area contributed by atoms with Gasteiger partial charge in [-0.25, -0.2) is 0 Å². The largest absolute Gasteiger partial charge is 0.452 e. The van der Waals surface area contributed by atoms with Crippen molar-refractivity contribution < 1.29 is 22.3 Å². The smallest absolute Gasteiger partial charge is 0.333 e. The molecule has 0 aromatic carbocycles. The van der Waals surface area contributed by atoms with Crippen LogP contribution < -0.4 is 0 Å². The van der Waals surface area contributed by atoms with Crippen LogP contribution in [0.4, 0.5) is 17.6 Å². The van der Waals surface area contributed by atoms with Gasteiger partial charge >= 0.3 is 12.0 Å². The van der Waals surface area contributed by atoms with Crippen LogP contribution in [-0.2, 0) is 4.74 Å². The van der Waals surface area contributed by atoms with Crippen LogP contribution in [0.3, 0.4) is 0 Å². The van der Waals surface area contributed by atoms with Gasteiger partial charge in [-0.3, -0.25) is 0 Å². The second-order valence-corrected chi connectivity index (χ2v) is 3.04. The first-order valence-corrected chi connectivity index (χ1v) is 3.70. The molecule has 1 unspecified atom stereocenters. The van der Waals surface area contributed by atoms with Gasteiger partial charge in [0.1, 0.15) is 0 Å². The second-order valence-electron chi connectivity index (χ2n) is 3.04. The fourth-order valence-corrected chi connectivity index (χ4v) is 0.734. The number of halogens is 4. The highest BCUT2D eigenvalue weighted by molar-refractivity contribution is 5.08. The highest BCUT2D eigenvalue weighted by Crippen LogP contribution is 2.40. The van der Waals surface area contributed by atoms with Gasteiger partial charge in [0.05, 0.1) is 6.10 Å². The molecular weight excluding hydrogens is 188 g/mol. The minimum absolute atomic E-state index is 0.700. The molecular formula is C8H12F4O. The van der Waals surface area contributed by atoms with Crippen LogP contribution in [0, 0.1) is 0 Å². The minimum Gasteiger partial charge on any atom is -0.333 e. The molecule has 0 amide bonds. The third-order valence-electron chi connectivity index (χ3n) is 1.31. The summed E-state index contributed by atoms with van der Waals surface area (Å²) in [5.74, 6) is -3.73.